The van der Waals surface area contributed by atoms with Gasteiger partial charge in [0.15, 0.2) is 0 Å². The molecule has 0 saturated heterocycles. The van der Waals surface area contributed by atoms with Crippen LogP contribution in [0.3, 0.4) is 0 Å². The second kappa shape index (κ2) is 4.93. The summed E-state index contributed by atoms with van der Waals surface area (Å²) in [5.74, 6) is -0.905. The summed E-state index contributed by atoms with van der Waals surface area (Å²) >= 11 is 0. The summed E-state index contributed by atoms with van der Waals surface area (Å²) in [6.07, 6.45) is -0.0167. The molecule has 1 unspecified atom stereocenters. The first-order valence-corrected chi connectivity index (χ1v) is 3.02. The van der Waals surface area contributed by atoms with Crippen molar-refractivity contribution in [3.05, 3.63) is 0 Å². The number of carbonyl (C=O) groups is 2. The number of hydrogen-bond donors (Lipinski definition) is 2. The van der Waals surface area contributed by atoms with Gasteiger partial charge < -0.3 is 15.0 Å². The Labute approximate surface area is 58.5 Å². The fraction of sp³-hybridized carbons (Fsp3) is 0.667. The molecule has 0 aromatic heterocycles. The van der Waals surface area contributed by atoms with Crippen LogP contribution in [-0.4, -0.2) is 28.6 Å². The van der Waals surface area contributed by atoms with E-state index in [4.69, 9.17) is 10.2 Å². The van der Waals surface area contributed by atoms with Crippen molar-refractivity contribution in [2.24, 2.45) is 0 Å². The first-order chi connectivity index (χ1) is 4.66. The Morgan fingerprint density at radius 3 is 2.60 bits per heavy atom. The van der Waals surface area contributed by atoms with Gasteiger partial charge >= 0.3 is 5.97 Å². The van der Waals surface area contributed by atoms with Crippen LogP contribution in [0, 0.1) is 0 Å². The minimum absolute atomic E-state index is 0.00486. The lowest BCUT2D eigenvalue weighted by atomic mass is 10.2. The highest BCUT2D eigenvalue weighted by Crippen LogP contribution is 1.97. The number of carboxylic acids is 1. The molecule has 0 aliphatic heterocycles. The molecule has 4 heteroatoms. The molecule has 10 heavy (non-hydrogen) atoms. The number of carbonyl (C=O) groups excluding carboxylic acids is 1. The van der Waals surface area contributed by atoms with Gasteiger partial charge in [0.25, 0.3) is 0 Å². The average Bonchev–Trinajstić information content (AvgIpc) is 1.87. The molecule has 0 aliphatic carbocycles. The zero-order valence-corrected chi connectivity index (χ0v) is 5.49. The van der Waals surface area contributed by atoms with Crippen molar-refractivity contribution in [1.29, 1.82) is 0 Å². The lowest BCUT2D eigenvalue weighted by molar-refractivity contribution is -0.137. The number of aliphatic carboxylic acids is 1. The van der Waals surface area contributed by atoms with Crippen LogP contribution >= 0.6 is 0 Å². The van der Waals surface area contributed by atoms with E-state index in [9.17, 15) is 9.59 Å². The molecule has 1 atom stereocenters. The van der Waals surface area contributed by atoms with Gasteiger partial charge in [0.05, 0.1) is 0 Å². The van der Waals surface area contributed by atoms with Crippen LogP contribution in [0.2, 0.25) is 0 Å². The lowest BCUT2D eigenvalue weighted by Gasteiger charge is -1.98. The summed E-state index contributed by atoms with van der Waals surface area (Å²) in [6, 6.07) is 0. The maximum absolute atomic E-state index is 9.90. The van der Waals surface area contributed by atoms with Crippen LogP contribution in [0.15, 0.2) is 0 Å². The van der Waals surface area contributed by atoms with Gasteiger partial charge in [-0.25, -0.2) is 0 Å². The Morgan fingerprint density at radius 2 is 2.20 bits per heavy atom. The molecule has 0 bridgehead atoms. The molecule has 2 N–H and O–H groups in total. The topological polar surface area (TPSA) is 74.6 Å². The standard InChI is InChI=1S/C6H10O4/c7-4-5(8)2-1-3-6(9)10/h4-5,8H,1-3H2,(H,9,10). The molecule has 0 aromatic rings. The van der Waals surface area contributed by atoms with Crippen molar-refractivity contribution in [1.82, 2.24) is 0 Å². The smallest absolute Gasteiger partial charge is 0.303 e. The molecule has 0 spiro atoms. The van der Waals surface area contributed by atoms with Crippen molar-refractivity contribution >= 4 is 12.3 Å². The highest BCUT2D eigenvalue weighted by atomic mass is 16.4. The van der Waals surface area contributed by atoms with Crippen molar-refractivity contribution in [2.75, 3.05) is 0 Å². The second-order valence-electron chi connectivity index (χ2n) is 1.99. The van der Waals surface area contributed by atoms with Crippen LogP contribution in [0.5, 0.6) is 0 Å². The molecule has 0 radical (unpaired) electrons. The average molecular weight is 146 g/mol. The first-order valence-electron chi connectivity index (χ1n) is 3.02. The van der Waals surface area contributed by atoms with Gasteiger partial charge in [0.1, 0.15) is 12.4 Å². The van der Waals surface area contributed by atoms with E-state index in [1.54, 1.807) is 0 Å². The number of aliphatic hydroxyl groups excluding tert-OH is 1. The molecule has 0 fully saturated rings. The zero-order chi connectivity index (χ0) is 7.98. The van der Waals surface area contributed by atoms with E-state index in [-0.39, 0.29) is 12.8 Å². The fourth-order valence-corrected chi connectivity index (χ4v) is 0.530. The Hall–Kier alpha value is -0.900. The number of aliphatic hydroxyl groups is 1. The van der Waals surface area contributed by atoms with Crippen LogP contribution < -0.4 is 0 Å². The highest BCUT2D eigenvalue weighted by molar-refractivity contribution is 5.66. The largest absolute Gasteiger partial charge is 0.481 e. The quantitative estimate of drug-likeness (QED) is 0.527. The number of aldehydes is 1. The third-order valence-corrected chi connectivity index (χ3v) is 1.05. The molecule has 0 saturated carbocycles. The van der Waals surface area contributed by atoms with Crippen LogP contribution in [0.25, 0.3) is 0 Å². The fourth-order valence-electron chi connectivity index (χ4n) is 0.530. The summed E-state index contributed by atoms with van der Waals surface area (Å²) in [7, 11) is 0. The molecule has 0 rings (SSSR count). The first kappa shape index (κ1) is 9.10. The molecular formula is C6H10O4. The summed E-state index contributed by atoms with van der Waals surface area (Å²) in [4.78, 5) is 19.7. The molecule has 0 aliphatic rings. The van der Waals surface area contributed by atoms with Crippen molar-refractivity contribution < 1.29 is 19.8 Å². The summed E-state index contributed by atoms with van der Waals surface area (Å²) in [5, 5.41) is 16.7. The number of rotatable bonds is 5. The Kier molecular flexibility index (Phi) is 4.49. The number of carboxylic acid groups (broad SMARTS) is 1. The maximum atomic E-state index is 9.90. The summed E-state index contributed by atoms with van der Waals surface area (Å²) in [6.45, 7) is 0. The zero-order valence-electron chi connectivity index (χ0n) is 5.49. The lowest BCUT2D eigenvalue weighted by Crippen LogP contribution is -2.08. The van der Waals surface area contributed by atoms with Gasteiger partial charge in [-0.3, -0.25) is 4.79 Å². The Balaban J connectivity index is 3.19. The summed E-state index contributed by atoms with van der Waals surface area (Å²) < 4.78 is 0. The van der Waals surface area contributed by atoms with E-state index in [0.717, 1.165) is 0 Å². The van der Waals surface area contributed by atoms with E-state index in [1.165, 1.54) is 0 Å². The monoisotopic (exact) mass is 146 g/mol. The van der Waals surface area contributed by atoms with Crippen LogP contribution in [0.4, 0.5) is 0 Å². The Bertz CT molecular complexity index is 121. The van der Waals surface area contributed by atoms with E-state index < -0.39 is 12.1 Å². The van der Waals surface area contributed by atoms with Gasteiger partial charge in [-0.15, -0.1) is 0 Å². The van der Waals surface area contributed by atoms with Crippen LogP contribution in [-0.2, 0) is 9.59 Å². The highest BCUT2D eigenvalue weighted by Gasteiger charge is 2.02. The van der Waals surface area contributed by atoms with Gasteiger partial charge in [-0.05, 0) is 12.8 Å². The van der Waals surface area contributed by atoms with E-state index in [1.807, 2.05) is 0 Å². The molecule has 58 valence electrons. The molecule has 0 aromatic carbocycles. The minimum Gasteiger partial charge on any atom is -0.481 e. The van der Waals surface area contributed by atoms with Gasteiger partial charge in [0.2, 0.25) is 0 Å². The predicted molar refractivity (Wildman–Crippen MR) is 33.6 cm³/mol. The normalized spacial score (nSPS) is 12.5. The van der Waals surface area contributed by atoms with Gasteiger partial charge in [0, 0.05) is 6.42 Å². The number of hydrogen-bond acceptors (Lipinski definition) is 3. The van der Waals surface area contributed by atoms with E-state index in [0.29, 0.717) is 12.7 Å². The third-order valence-electron chi connectivity index (χ3n) is 1.05. The second-order valence-corrected chi connectivity index (χ2v) is 1.99. The molecular weight excluding hydrogens is 136 g/mol. The molecule has 4 nitrogen and oxygen atoms in total. The van der Waals surface area contributed by atoms with Gasteiger partial charge in [-0.2, -0.15) is 0 Å². The SMILES string of the molecule is O=CC(O)CCCC(=O)O. The third kappa shape index (κ3) is 5.24. The van der Waals surface area contributed by atoms with E-state index in [2.05, 4.69) is 0 Å². The summed E-state index contributed by atoms with van der Waals surface area (Å²) in [5.41, 5.74) is 0. The van der Waals surface area contributed by atoms with E-state index >= 15 is 0 Å². The predicted octanol–water partition coefficient (Wildman–Crippen LogP) is -0.199. The van der Waals surface area contributed by atoms with Crippen molar-refractivity contribution in [3.63, 3.8) is 0 Å². The van der Waals surface area contributed by atoms with Gasteiger partial charge in [-0.1, -0.05) is 0 Å². The van der Waals surface area contributed by atoms with Crippen molar-refractivity contribution in [2.45, 2.75) is 25.4 Å². The van der Waals surface area contributed by atoms with Crippen LogP contribution in [0.1, 0.15) is 19.3 Å². The molecule has 0 amide bonds. The molecule has 0 heterocycles. The van der Waals surface area contributed by atoms with Crippen molar-refractivity contribution in [3.8, 4) is 0 Å². The minimum atomic E-state index is -1.00. The maximum Gasteiger partial charge on any atom is 0.303 e. The Morgan fingerprint density at radius 1 is 1.60 bits per heavy atom.